The molecule has 0 aromatic carbocycles. The van der Waals surface area contributed by atoms with Gasteiger partial charge in [-0.05, 0) is 6.07 Å². The Morgan fingerprint density at radius 3 is 2.81 bits per heavy atom. The van der Waals surface area contributed by atoms with Crippen LogP contribution in [0.2, 0.25) is 0 Å². The van der Waals surface area contributed by atoms with Crippen LogP contribution in [0.15, 0.2) is 6.07 Å². The molecule has 0 spiro atoms. The molecule has 2 aromatic heterocycles. The predicted octanol–water partition coefficient (Wildman–Crippen LogP) is 1.68. The molecule has 4 nitrogen and oxygen atoms in total. The molecule has 3 rings (SSSR count). The molecule has 5 heteroatoms. The highest BCUT2D eigenvalue weighted by atomic mass is 32.1. The minimum atomic E-state index is -0.418. The maximum atomic E-state index is 12.5. The first-order valence-electron chi connectivity index (χ1n) is 7.34. The van der Waals surface area contributed by atoms with Gasteiger partial charge in [0.2, 0.25) is 0 Å². The number of anilines is 1. The molecular formula is C16H22N3OS+. The molecule has 1 aliphatic rings. The van der Waals surface area contributed by atoms with Crippen LogP contribution in [0.5, 0.6) is 0 Å². The number of quaternary nitrogens is 1. The molecule has 0 aliphatic carbocycles. The van der Waals surface area contributed by atoms with Crippen molar-refractivity contribution < 1.29 is 9.69 Å². The number of nitrogen functional groups attached to an aromatic ring is 1. The van der Waals surface area contributed by atoms with Crippen LogP contribution >= 0.6 is 11.3 Å². The van der Waals surface area contributed by atoms with Crippen LogP contribution in [0.25, 0.3) is 10.2 Å². The SMILES string of the molecule is C[NH+]1CCc2nc3sc(C(=O)C(C)(C)C)c(N)c3cc2C1. The highest BCUT2D eigenvalue weighted by molar-refractivity contribution is 7.21. The number of nitrogens with two attached hydrogens (primary N) is 1. The van der Waals surface area contributed by atoms with Gasteiger partial charge in [0.1, 0.15) is 11.4 Å². The molecule has 0 fully saturated rings. The summed E-state index contributed by atoms with van der Waals surface area (Å²) < 4.78 is 0. The molecule has 112 valence electrons. The average molecular weight is 304 g/mol. The van der Waals surface area contributed by atoms with Crippen molar-refractivity contribution in [3.05, 3.63) is 22.2 Å². The Kier molecular flexibility index (Phi) is 3.30. The third-order valence-corrected chi connectivity index (χ3v) is 5.17. The normalized spacial score (nSPS) is 18.8. The summed E-state index contributed by atoms with van der Waals surface area (Å²) in [5, 5.41) is 0.945. The highest BCUT2D eigenvalue weighted by Crippen LogP contribution is 2.37. The van der Waals surface area contributed by atoms with Gasteiger partial charge in [0.25, 0.3) is 0 Å². The number of ketones is 1. The van der Waals surface area contributed by atoms with Crippen molar-refractivity contribution in [2.45, 2.75) is 33.7 Å². The Morgan fingerprint density at radius 2 is 2.14 bits per heavy atom. The second-order valence-corrected chi connectivity index (χ2v) is 8.00. The Labute approximate surface area is 129 Å². The van der Waals surface area contributed by atoms with Crippen molar-refractivity contribution >= 4 is 33.0 Å². The van der Waals surface area contributed by atoms with Gasteiger partial charge in [-0.3, -0.25) is 4.79 Å². The number of hydrogen-bond donors (Lipinski definition) is 2. The van der Waals surface area contributed by atoms with Crippen molar-refractivity contribution in [1.82, 2.24) is 4.98 Å². The fraction of sp³-hybridized carbons (Fsp3) is 0.500. The zero-order valence-corrected chi connectivity index (χ0v) is 13.9. The molecule has 0 amide bonds. The van der Waals surface area contributed by atoms with E-state index in [1.807, 2.05) is 20.8 Å². The van der Waals surface area contributed by atoms with Gasteiger partial charge in [0, 0.05) is 22.8 Å². The second kappa shape index (κ2) is 4.78. The van der Waals surface area contributed by atoms with Gasteiger partial charge in [-0.2, -0.15) is 0 Å². The van der Waals surface area contributed by atoms with Gasteiger partial charge >= 0.3 is 0 Å². The molecule has 1 unspecified atom stereocenters. The van der Waals surface area contributed by atoms with Gasteiger partial charge in [-0.15, -0.1) is 11.3 Å². The minimum Gasteiger partial charge on any atom is -0.397 e. The Balaban J connectivity index is 2.15. The van der Waals surface area contributed by atoms with Crippen LogP contribution in [0.1, 0.15) is 41.7 Å². The van der Waals surface area contributed by atoms with Gasteiger partial charge < -0.3 is 10.6 Å². The summed E-state index contributed by atoms with van der Waals surface area (Å²) in [4.78, 5) is 20.3. The molecule has 0 saturated carbocycles. The monoisotopic (exact) mass is 304 g/mol. The number of aromatic nitrogens is 1. The van der Waals surface area contributed by atoms with Gasteiger partial charge in [-0.25, -0.2) is 4.98 Å². The van der Waals surface area contributed by atoms with E-state index in [-0.39, 0.29) is 5.78 Å². The molecule has 0 bridgehead atoms. The van der Waals surface area contributed by atoms with Crippen molar-refractivity contribution in [2.24, 2.45) is 5.41 Å². The van der Waals surface area contributed by atoms with Gasteiger partial charge in [-0.1, -0.05) is 20.8 Å². The third-order valence-electron chi connectivity index (χ3n) is 4.06. The first-order valence-corrected chi connectivity index (χ1v) is 8.16. The number of likely N-dealkylation sites (N-methyl/N-ethyl adjacent to an activating group) is 1. The molecule has 0 radical (unpaired) electrons. The van der Waals surface area contributed by atoms with Gasteiger partial charge in [0.15, 0.2) is 5.78 Å². The van der Waals surface area contributed by atoms with Crippen LogP contribution in [-0.2, 0) is 13.0 Å². The van der Waals surface area contributed by atoms with Crippen molar-refractivity contribution in [3.8, 4) is 0 Å². The summed E-state index contributed by atoms with van der Waals surface area (Å²) in [5.41, 5.74) is 8.87. The first kappa shape index (κ1) is 14.5. The Hall–Kier alpha value is -1.46. The van der Waals surface area contributed by atoms with E-state index in [0.717, 1.165) is 29.7 Å². The van der Waals surface area contributed by atoms with E-state index in [0.29, 0.717) is 10.6 Å². The third kappa shape index (κ3) is 2.45. The first-order chi connectivity index (χ1) is 9.77. The fourth-order valence-electron chi connectivity index (χ4n) is 2.74. The van der Waals surface area contributed by atoms with E-state index in [1.165, 1.54) is 27.5 Å². The van der Waals surface area contributed by atoms with E-state index < -0.39 is 5.41 Å². The van der Waals surface area contributed by atoms with E-state index in [9.17, 15) is 4.79 Å². The van der Waals surface area contributed by atoms with Crippen molar-refractivity contribution in [3.63, 3.8) is 0 Å². The quantitative estimate of drug-likeness (QED) is 0.788. The topological polar surface area (TPSA) is 60.4 Å². The second-order valence-electron chi connectivity index (χ2n) is 7.00. The van der Waals surface area contributed by atoms with Crippen molar-refractivity contribution in [1.29, 1.82) is 0 Å². The van der Waals surface area contributed by atoms with E-state index in [2.05, 4.69) is 13.1 Å². The van der Waals surface area contributed by atoms with Crippen LogP contribution in [0.3, 0.4) is 0 Å². The lowest BCUT2D eigenvalue weighted by Crippen LogP contribution is -3.08. The summed E-state index contributed by atoms with van der Waals surface area (Å²) in [5.74, 6) is 0.101. The number of thiophene rings is 1. The molecular weight excluding hydrogens is 282 g/mol. The number of Topliss-reactive ketones (excluding diaryl/α,β-unsaturated/α-hetero) is 1. The number of rotatable bonds is 1. The van der Waals surface area contributed by atoms with Crippen LogP contribution < -0.4 is 10.6 Å². The zero-order valence-electron chi connectivity index (χ0n) is 13.0. The number of fused-ring (bicyclic) bond motifs is 2. The predicted molar refractivity (Wildman–Crippen MR) is 87.0 cm³/mol. The number of nitrogens with one attached hydrogen (secondary N) is 1. The van der Waals surface area contributed by atoms with Crippen LogP contribution in [0, 0.1) is 5.41 Å². The number of nitrogens with zero attached hydrogens (tertiary/aromatic N) is 1. The lowest BCUT2D eigenvalue weighted by Gasteiger charge is -2.21. The largest absolute Gasteiger partial charge is 0.397 e. The molecule has 21 heavy (non-hydrogen) atoms. The average Bonchev–Trinajstić information content (AvgIpc) is 2.71. The minimum absolute atomic E-state index is 0.101. The highest BCUT2D eigenvalue weighted by Gasteiger charge is 2.28. The smallest absolute Gasteiger partial charge is 0.180 e. The molecule has 0 saturated heterocycles. The van der Waals surface area contributed by atoms with Crippen LogP contribution in [-0.4, -0.2) is 24.4 Å². The van der Waals surface area contributed by atoms with E-state index in [4.69, 9.17) is 10.7 Å². The maximum Gasteiger partial charge on any atom is 0.180 e. The standard InChI is InChI=1S/C16H21N3OS/c1-16(2,3)14(20)13-12(17)10-7-9-8-19(4)6-5-11(9)18-15(10)21-13/h7H,5-6,8,17H2,1-4H3/p+1. The molecule has 1 aliphatic heterocycles. The maximum absolute atomic E-state index is 12.5. The number of pyridine rings is 1. The molecule has 3 N–H and O–H groups in total. The van der Waals surface area contributed by atoms with E-state index in [1.54, 1.807) is 0 Å². The van der Waals surface area contributed by atoms with E-state index >= 15 is 0 Å². The summed E-state index contributed by atoms with van der Waals surface area (Å²) >= 11 is 1.44. The zero-order chi connectivity index (χ0) is 15.4. The summed E-state index contributed by atoms with van der Waals surface area (Å²) in [6, 6.07) is 2.14. The Bertz CT molecular complexity index is 727. The number of carbonyl (C=O) groups is 1. The van der Waals surface area contributed by atoms with Gasteiger partial charge in [0.05, 0.1) is 29.9 Å². The number of hydrogen-bond acceptors (Lipinski definition) is 4. The molecule has 1 atom stereocenters. The summed E-state index contributed by atoms with van der Waals surface area (Å²) in [7, 11) is 2.19. The summed E-state index contributed by atoms with van der Waals surface area (Å²) in [6.45, 7) is 7.87. The lowest BCUT2D eigenvalue weighted by molar-refractivity contribution is -0.895. The molecule has 3 heterocycles. The Morgan fingerprint density at radius 1 is 1.43 bits per heavy atom. The number of carbonyl (C=O) groups excluding carboxylic acids is 1. The fourth-order valence-corrected chi connectivity index (χ4v) is 3.99. The summed E-state index contributed by atoms with van der Waals surface area (Å²) in [6.07, 6.45) is 0.997. The van der Waals surface area contributed by atoms with Crippen molar-refractivity contribution in [2.75, 3.05) is 19.3 Å². The lowest BCUT2D eigenvalue weighted by atomic mass is 9.89. The molecule has 2 aromatic rings. The van der Waals surface area contributed by atoms with Crippen LogP contribution in [0.4, 0.5) is 5.69 Å².